The standard InChI is InChI=1S/C28H30N2O5/c31-14-17-35-27-11-10-24(19-25(27)29-28(33)20-30-12-15-34-16-13-30)26(32)18-21-6-8-23(9-7-21)22-4-2-1-3-5-22/h1-11,19,31H,12-18,20H2,(H,29,33). The van der Waals surface area contributed by atoms with Crippen LogP contribution in [0.4, 0.5) is 5.69 Å². The Morgan fingerprint density at radius 3 is 2.37 bits per heavy atom. The first-order valence-corrected chi connectivity index (χ1v) is 11.8. The number of benzene rings is 3. The van der Waals surface area contributed by atoms with Gasteiger partial charge in [0.15, 0.2) is 5.78 Å². The molecule has 1 fully saturated rings. The number of amides is 1. The van der Waals surface area contributed by atoms with Crippen molar-refractivity contribution < 1.29 is 24.2 Å². The van der Waals surface area contributed by atoms with Gasteiger partial charge in [0.05, 0.1) is 32.1 Å². The van der Waals surface area contributed by atoms with Crippen LogP contribution >= 0.6 is 0 Å². The van der Waals surface area contributed by atoms with E-state index in [1.54, 1.807) is 18.2 Å². The molecule has 1 aliphatic heterocycles. The van der Waals surface area contributed by atoms with Gasteiger partial charge < -0.3 is 19.9 Å². The van der Waals surface area contributed by atoms with Gasteiger partial charge in [-0.25, -0.2) is 0 Å². The molecule has 0 aliphatic carbocycles. The molecular formula is C28H30N2O5. The topological polar surface area (TPSA) is 88.1 Å². The van der Waals surface area contributed by atoms with Crippen LogP contribution in [0, 0.1) is 0 Å². The molecular weight excluding hydrogens is 444 g/mol. The Morgan fingerprint density at radius 2 is 1.66 bits per heavy atom. The summed E-state index contributed by atoms with van der Waals surface area (Å²) in [7, 11) is 0. The highest BCUT2D eigenvalue weighted by Gasteiger charge is 2.17. The lowest BCUT2D eigenvalue weighted by molar-refractivity contribution is -0.118. The van der Waals surface area contributed by atoms with Crippen molar-refractivity contribution >= 4 is 17.4 Å². The molecule has 1 aliphatic rings. The number of nitrogens with zero attached hydrogens (tertiary/aromatic N) is 1. The largest absolute Gasteiger partial charge is 0.489 e. The summed E-state index contributed by atoms with van der Waals surface area (Å²) in [5.41, 5.74) is 4.03. The highest BCUT2D eigenvalue weighted by Crippen LogP contribution is 2.27. The molecule has 3 aromatic carbocycles. The second kappa shape index (κ2) is 12.3. The van der Waals surface area contributed by atoms with Crippen LogP contribution in [0.5, 0.6) is 5.75 Å². The molecule has 182 valence electrons. The smallest absolute Gasteiger partial charge is 0.238 e. The Hall–Kier alpha value is -3.52. The van der Waals surface area contributed by atoms with Crippen molar-refractivity contribution in [3.8, 4) is 16.9 Å². The van der Waals surface area contributed by atoms with Crippen LogP contribution in [0.1, 0.15) is 15.9 Å². The summed E-state index contributed by atoms with van der Waals surface area (Å²) in [4.78, 5) is 27.7. The lowest BCUT2D eigenvalue weighted by atomic mass is 9.99. The molecule has 1 heterocycles. The fourth-order valence-corrected chi connectivity index (χ4v) is 3.97. The molecule has 0 radical (unpaired) electrons. The fraction of sp³-hybridized carbons (Fsp3) is 0.286. The van der Waals surface area contributed by atoms with E-state index >= 15 is 0 Å². The number of aliphatic hydroxyl groups excluding tert-OH is 1. The van der Waals surface area contributed by atoms with E-state index in [4.69, 9.17) is 14.6 Å². The van der Waals surface area contributed by atoms with E-state index in [0.717, 1.165) is 16.7 Å². The Bertz CT molecular complexity index is 1130. The first kappa shape index (κ1) is 24.6. The molecule has 0 aromatic heterocycles. The fourth-order valence-electron chi connectivity index (χ4n) is 3.97. The highest BCUT2D eigenvalue weighted by molar-refractivity contribution is 6.00. The van der Waals surface area contributed by atoms with E-state index in [9.17, 15) is 9.59 Å². The SMILES string of the molecule is O=C(CN1CCOCC1)Nc1cc(C(=O)Cc2ccc(-c3ccccc3)cc2)ccc1OCCO. The number of hydrogen-bond acceptors (Lipinski definition) is 6. The summed E-state index contributed by atoms with van der Waals surface area (Å²) < 4.78 is 10.9. The van der Waals surface area contributed by atoms with Gasteiger partial charge in [-0.1, -0.05) is 54.6 Å². The third-order valence-corrected chi connectivity index (χ3v) is 5.82. The van der Waals surface area contributed by atoms with Gasteiger partial charge in [0.1, 0.15) is 12.4 Å². The summed E-state index contributed by atoms with van der Waals surface area (Å²) in [6.45, 7) is 2.78. The van der Waals surface area contributed by atoms with E-state index in [1.165, 1.54) is 0 Å². The van der Waals surface area contributed by atoms with Gasteiger partial charge in [-0.05, 0) is 34.9 Å². The zero-order valence-corrected chi connectivity index (χ0v) is 19.6. The molecule has 0 bridgehead atoms. The molecule has 7 nitrogen and oxygen atoms in total. The number of rotatable bonds is 10. The van der Waals surface area contributed by atoms with Crippen LogP contribution in [0.3, 0.4) is 0 Å². The predicted octanol–water partition coefficient (Wildman–Crippen LogP) is 3.42. The number of ether oxygens (including phenoxy) is 2. The second-order valence-electron chi connectivity index (χ2n) is 8.38. The van der Waals surface area contributed by atoms with Crippen molar-refractivity contribution in [1.29, 1.82) is 0 Å². The molecule has 7 heteroatoms. The van der Waals surface area contributed by atoms with E-state index in [2.05, 4.69) is 17.4 Å². The zero-order valence-electron chi connectivity index (χ0n) is 19.6. The second-order valence-corrected chi connectivity index (χ2v) is 8.38. The molecule has 35 heavy (non-hydrogen) atoms. The molecule has 1 amide bonds. The van der Waals surface area contributed by atoms with Crippen molar-refractivity contribution in [2.45, 2.75) is 6.42 Å². The minimum atomic E-state index is -0.193. The summed E-state index contributed by atoms with van der Waals surface area (Å²) in [6.07, 6.45) is 0.243. The van der Waals surface area contributed by atoms with Crippen LogP contribution < -0.4 is 10.1 Å². The molecule has 2 N–H and O–H groups in total. The van der Waals surface area contributed by atoms with Crippen molar-refractivity contribution in [3.05, 3.63) is 83.9 Å². The van der Waals surface area contributed by atoms with Gasteiger partial charge in [0.25, 0.3) is 0 Å². The van der Waals surface area contributed by atoms with E-state index in [-0.39, 0.29) is 37.9 Å². The number of morpholine rings is 1. The van der Waals surface area contributed by atoms with Gasteiger partial charge in [-0.15, -0.1) is 0 Å². The summed E-state index contributed by atoms with van der Waals surface area (Å²) in [5.74, 6) is 0.162. The Kier molecular flexibility index (Phi) is 8.62. The van der Waals surface area contributed by atoms with E-state index < -0.39 is 0 Å². The number of carbonyl (C=O) groups excluding carboxylic acids is 2. The van der Waals surface area contributed by atoms with Gasteiger partial charge in [0, 0.05) is 25.1 Å². The third-order valence-electron chi connectivity index (χ3n) is 5.82. The lowest BCUT2D eigenvalue weighted by Gasteiger charge is -2.26. The van der Waals surface area contributed by atoms with Crippen LogP contribution in [0.25, 0.3) is 11.1 Å². The number of ketones is 1. The Balaban J connectivity index is 1.45. The van der Waals surface area contributed by atoms with Gasteiger partial charge in [0.2, 0.25) is 5.91 Å². The molecule has 0 unspecified atom stereocenters. The van der Waals surface area contributed by atoms with Crippen molar-refractivity contribution in [2.24, 2.45) is 0 Å². The zero-order chi connectivity index (χ0) is 24.5. The number of anilines is 1. The number of carbonyl (C=O) groups is 2. The van der Waals surface area contributed by atoms with Gasteiger partial charge in [-0.3, -0.25) is 14.5 Å². The normalized spacial score (nSPS) is 13.9. The van der Waals surface area contributed by atoms with Gasteiger partial charge in [-0.2, -0.15) is 0 Å². The molecule has 0 saturated carbocycles. The first-order chi connectivity index (χ1) is 17.1. The monoisotopic (exact) mass is 474 g/mol. The van der Waals surface area contributed by atoms with E-state index in [0.29, 0.717) is 43.3 Å². The maximum Gasteiger partial charge on any atom is 0.238 e. The van der Waals surface area contributed by atoms with Crippen LogP contribution in [0.15, 0.2) is 72.8 Å². The minimum absolute atomic E-state index is 0.0603. The Labute approximate surface area is 205 Å². The van der Waals surface area contributed by atoms with Crippen molar-refractivity contribution in [3.63, 3.8) is 0 Å². The van der Waals surface area contributed by atoms with Crippen LogP contribution in [-0.2, 0) is 16.0 Å². The summed E-state index contributed by atoms with van der Waals surface area (Å²) >= 11 is 0. The van der Waals surface area contributed by atoms with Crippen LogP contribution in [-0.4, -0.2) is 67.8 Å². The van der Waals surface area contributed by atoms with Crippen molar-refractivity contribution in [2.75, 3.05) is 51.4 Å². The number of nitrogens with one attached hydrogen (secondary N) is 1. The molecule has 1 saturated heterocycles. The highest BCUT2D eigenvalue weighted by atomic mass is 16.5. The molecule has 3 aromatic rings. The van der Waals surface area contributed by atoms with Crippen molar-refractivity contribution in [1.82, 2.24) is 4.90 Å². The van der Waals surface area contributed by atoms with Crippen LogP contribution in [0.2, 0.25) is 0 Å². The predicted molar refractivity (Wildman–Crippen MR) is 135 cm³/mol. The quantitative estimate of drug-likeness (QED) is 0.438. The average Bonchev–Trinajstić information content (AvgIpc) is 2.89. The number of Topliss-reactive ketones (excluding diaryl/α,β-unsaturated/α-hetero) is 1. The minimum Gasteiger partial charge on any atom is -0.489 e. The lowest BCUT2D eigenvalue weighted by Crippen LogP contribution is -2.41. The molecule has 0 atom stereocenters. The number of aliphatic hydroxyl groups is 1. The Morgan fingerprint density at radius 1 is 0.943 bits per heavy atom. The number of hydrogen-bond donors (Lipinski definition) is 2. The first-order valence-electron chi connectivity index (χ1n) is 11.8. The summed E-state index contributed by atoms with van der Waals surface area (Å²) in [6, 6.07) is 23.0. The summed E-state index contributed by atoms with van der Waals surface area (Å²) in [5, 5.41) is 12.0. The molecule has 0 spiro atoms. The molecule has 4 rings (SSSR count). The maximum atomic E-state index is 13.0. The maximum absolute atomic E-state index is 13.0. The van der Waals surface area contributed by atoms with E-state index in [1.807, 2.05) is 47.4 Å². The third kappa shape index (κ3) is 6.99. The average molecular weight is 475 g/mol. The van der Waals surface area contributed by atoms with Gasteiger partial charge >= 0.3 is 0 Å².